The molecule has 0 spiro atoms. The number of carbonyl (C=O) groups is 1. The van der Waals surface area contributed by atoms with Gasteiger partial charge in [0.2, 0.25) is 0 Å². The molecule has 1 aromatic carbocycles. The van der Waals surface area contributed by atoms with Gasteiger partial charge in [-0.1, -0.05) is 38.6 Å². The zero-order valence-electron chi connectivity index (χ0n) is 12.2. The topological polar surface area (TPSA) is 84.6 Å². The van der Waals surface area contributed by atoms with Crippen LogP contribution in [0.2, 0.25) is 0 Å². The van der Waals surface area contributed by atoms with Crippen molar-refractivity contribution in [1.29, 1.82) is 0 Å². The van der Waals surface area contributed by atoms with Crippen molar-refractivity contribution in [2.45, 2.75) is 26.2 Å². The predicted octanol–water partition coefficient (Wildman–Crippen LogP) is 2.72. The van der Waals surface area contributed by atoms with Crippen LogP contribution < -0.4 is 5.32 Å². The Kier molecular flexibility index (Phi) is 4.32. The van der Waals surface area contributed by atoms with E-state index in [4.69, 9.17) is 0 Å². The van der Waals surface area contributed by atoms with E-state index in [1.165, 1.54) is 17.8 Å². The number of nitrogens with zero attached hydrogens (tertiary/aromatic N) is 2. The highest BCUT2D eigenvalue weighted by molar-refractivity contribution is 8.14. The minimum atomic E-state index is -0.445. The van der Waals surface area contributed by atoms with Gasteiger partial charge in [-0.15, -0.1) is 0 Å². The maximum absolute atomic E-state index is 12.1. The Labute approximate surface area is 127 Å². The van der Waals surface area contributed by atoms with Crippen molar-refractivity contribution >= 4 is 28.5 Å². The first-order valence-corrected chi connectivity index (χ1v) is 7.55. The fraction of sp³-hybridized carbons (Fsp3) is 0.429. The Hall–Kier alpha value is -1.89. The van der Waals surface area contributed by atoms with Gasteiger partial charge in [0.15, 0.2) is 5.17 Å². The Bertz CT molecular complexity index is 620. The highest BCUT2D eigenvalue weighted by Crippen LogP contribution is 2.31. The first kappa shape index (κ1) is 15.5. The van der Waals surface area contributed by atoms with Crippen LogP contribution in [0.3, 0.4) is 0 Å². The fourth-order valence-electron chi connectivity index (χ4n) is 2.04. The first-order chi connectivity index (χ1) is 9.79. The summed E-state index contributed by atoms with van der Waals surface area (Å²) in [5.74, 6) is 0.477. The van der Waals surface area contributed by atoms with E-state index >= 15 is 0 Å². The third-order valence-electron chi connectivity index (χ3n) is 3.07. The number of nitrogens with one attached hydrogen (secondary N) is 1. The number of rotatable bonds is 2. The SMILES string of the molecule is CC(C)(C)c1ccc(C(=O)NC2=NCCS2)cc1[N+](=O)[O-]. The summed E-state index contributed by atoms with van der Waals surface area (Å²) < 4.78 is 0. The van der Waals surface area contributed by atoms with Crippen molar-refractivity contribution < 1.29 is 9.72 Å². The van der Waals surface area contributed by atoms with Crippen molar-refractivity contribution in [3.05, 3.63) is 39.4 Å². The number of nitro groups is 1. The summed E-state index contributed by atoms with van der Waals surface area (Å²) in [5.41, 5.74) is 0.487. The second kappa shape index (κ2) is 5.85. The monoisotopic (exact) mass is 307 g/mol. The van der Waals surface area contributed by atoms with Gasteiger partial charge in [-0.05, 0) is 11.5 Å². The van der Waals surface area contributed by atoms with Crippen LogP contribution in [0.4, 0.5) is 5.69 Å². The molecule has 1 N–H and O–H groups in total. The predicted molar refractivity (Wildman–Crippen MR) is 84.0 cm³/mol. The summed E-state index contributed by atoms with van der Waals surface area (Å²) >= 11 is 1.47. The maximum atomic E-state index is 12.1. The Morgan fingerprint density at radius 3 is 2.67 bits per heavy atom. The average Bonchev–Trinajstić information content (AvgIpc) is 2.89. The number of benzene rings is 1. The van der Waals surface area contributed by atoms with Gasteiger partial charge >= 0.3 is 0 Å². The zero-order chi connectivity index (χ0) is 15.6. The van der Waals surface area contributed by atoms with Gasteiger partial charge in [0.25, 0.3) is 11.6 Å². The molecule has 0 aromatic heterocycles. The molecule has 0 saturated heterocycles. The van der Waals surface area contributed by atoms with Crippen molar-refractivity contribution in [2.24, 2.45) is 4.99 Å². The lowest BCUT2D eigenvalue weighted by Crippen LogP contribution is -2.27. The number of thioether (sulfide) groups is 1. The third kappa shape index (κ3) is 3.60. The summed E-state index contributed by atoms with van der Waals surface area (Å²) in [7, 11) is 0. The van der Waals surface area contributed by atoms with E-state index in [2.05, 4.69) is 10.3 Å². The lowest BCUT2D eigenvalue weighted by Gasteiger charge is -2.19. The summed E-state index contributed by atoms with van der Waals surface area (Å²) in [6.07, 6.45) is 0. The second-order valence-corrected chi connectivity index (χ2v) is 6.81. The molecule has 2 rings (SSSR count). The van der Waals surface area contributed by atoms with E-state index in [0.717, 1.165) is 5.75 Å². The van der Waals surface area contributed by atoms with Gasteiger partial charge in [0, 0.05) is 22.9 Å². The van der Waals surface area contributed by atoms with E-state index in [1.807, 2.05) is 20.8 Å². The number of amides is 1. The van der Waals surface area contributed by atoms with Crippen LogP contribution in [-0.4, -0.2) is 28.3 Å². The van der Waals surface area contributed by atoms with Crippen LogP contribution in [-0.2, 0) is 5.41 Å². The lowest BCUT2D eigenvalue weighted by atomic mass is 9.85. The van der Waals surface area contributed by atoms with Crippen molar-refractivity contribution in [2.75, 3.05) is 12.3 Å². The normalized spacial score (nSPS) is 14.7. The van der Waals surface area contributed by atoms with E-state index in [1.54, 1.807) is 12.1 Å². The molecule has 1 aromatic rings. The fourth-order valence-corrected chi connectivity index (χ4v) is 2.76. The number of hydrogen-bond acceptors (Lipinski definition) is 5. The average molecular weight is 307 g/mol. The van der Waals surface area contributed by atoms with Crippen LogP contribution in [0, 0.1) is 10.1 Å². The van der Waals surface area contributed by atoms with Gasteiger partial charge in [-0.3, -0.25) is 19.9 Å². The van der Waals surface area contributed by atoms with E-state index in [0.29, 0.717) is 17.3 Å². The highest BCUT2D eigenvalue weighted by atomic mass is 32.2. The second-order valence-electron chi connectivity index (χ2n) is 5.73. The zero-order valence-corrected chi connectivity index (χ0v) is 13.0. The van der Waals surface area contributed by atoms with Crippen LogP contribution in [0.25, 0.3) is 0 Å². The molecule has 112 valence electrons. The molecule has 7 heteroatoms. The van der Waals surface area contributed by atoms with Gasteiger partial charge in [-0.25, -0.2) is 0 Å². The number of hydrogen-bond donors (Lipinski definition) is 1. The van der Waals surface area contributed by atoms with E-state index in [-0.39, 0.29) is 22.6 Å². The third-order valence-corrected chi connectivity index (χ3v) is 3.96. The summed E-state index contributed by atoms with van der Waals surface area (Å²) in [6, 6.07) is 4.59. The molecular weight excluding hydrogens is 290 g/mol. The van der Waals surface area contributed by atoms with Gasteiger partial charge in [0.05, 0.1) is 11.5 Å². The molecule has 0 unspecified atom stereocenters. The number of nitro benzene ring substituents is 1. The van der Waals surface area contributed by atoms with Gasteiger partial charge in [0.1, 0.15) is 0 Å². The molecule has 0 aliphatic carbocycles. The number of aliphatic imine (C=N–C) groups is 1. The highest BCUT2D eigenvalue weighted by Gasteiger charge is 2.26. The molecule has 1 aliphatic rings. The molecule has 6 nitrogen and oxygen atoms in total. The molecule has 1 heterocycles. The smallest absolute Gasteiger partial charge is 0.273 e. The van der Waals surface area contributed by atoms with Crippen molar-refractivity contribution in [1.82, 2.24) is 5.32 Å². The molecular formula is C14H17N3O3S. The molecule has 0 bridgehead atoms. The van der Waals surface area contributed by atoms with Crippen LogP contribution >= 0.6 is 11.8 Å². The van der Waals surface area contributed by atoms with Crippen molar-refractivity contribution in [3.8, 4) is 0 Å². The van der Waals surface area contributed by atoms with Crippen LogP contribution in [0.15, 0.2) is 23.2 Å². The van der Waals surface area contributed by atoms with Crippen LogP contribution in [0.5, 0.6) is 0 Å². The van der Waals surface area contributed by atoms with Gasteiger partial charge in [-0.2, -0.15) is 0 Å². The molecule has 21 heavy (non-hydrogen) atoms. The molecule has 0 fully saturated rings. The number of carbonyl (C=O) groups excluding carboxylic acids is 1. The van der Waals surface area contributed by atoms with E-state index < -0.39 is 4.92 Å². The minimum absolute atomic E-state index is 0.0313. The van der Waals surface area contributed by atoms with Crippen LogP contribution in [0.1, 0.15) is 36.7 Å². The Balaban J connectivity index is 2.31. The Morgan fingerprint density at radius 2 is 2.14 bits per heavy atom. The van der Waals surface area contributed by atoms with Gasteiger partial charge < -0.3 is 5.32 Å². The Morgan fingerprint density at radius 1 is 1.43 bits per heavy atom. The van der Waals surface area contributed by atoms with Crippen molar-refractivity contribution in [3.63, 3.8) is 0 Å². The van der Waals surface area contributed by atoms with E-state index in [9.17, 15) is 14.9 Å². The molecule has 0 radical (unpaired) electrons. The standard InChI is InChI=1S/C14H17N3O3S/c1-14(2,3)10-5-4-9(8-11(10)17(19)20)12(18)16-13-15-6-7-21-13/h4-5,8H,6-7H2,1-3H3,(H,15,16,18). The molecule has 1 aliphatic heterocycles. The lowest BCUT2D eigenvalue weighted by molar-refractivity contribution is -0.386. The number of amidine groups is 1. The molecule has 0 saturated carbocycles. The minimum Gasteiger partial charge on any atom is -0.301 e. The summed E-state index contributed by atoms with van der Waals surface area (Å²) in [6.45, 7) is 6.39. The molecule has 0 atom stereocenters. The largest absolute Gasteiger partial charge is 0.301 e. The summed E-state index contributed by atoms with van der Waals surface area (Å²) in [4.78, 5) is 27.0. The maximum Gasteiger partial charge on any atom is 0.273 e. The quantitative estimate of drug-likeness (QED) is 0.672. The molecule has 1 amide bonds. The summed E-state index contributed by atoms with van der Waals surface area (Å²) in [5, 5.41) is 14.5. The first-order valence-electron chi connectivity index (χ1n) is 6.56.